The Bertz CT molecular complexity index is 1010. The zero-order valence-electron chi connectivity index (χ0n) is 13.0. The lowest BCUT2D eigenvalue weighted by atomic mass is 10.2. The molecule has 0 aliphatic heterocycles. The Kier molecular flexibility index (Phi) is 3.02. The van der Waals surface area contributed by atoms with Gasteiger partial charge in [-0.25, -0.2) is 15.0 Å². The minimum Gasteiger partial charge on any atom is -0.371 e. The quantitative estimate of drug-likeness (QED) is 0.538. The van der Waals surface area contributed by atoms with Gasteiger partial charge in [0.05, 0.1) is 28.9 Å². The number of rotatable bonds is 3. The zero-order chi connectivity index (χ0) is 16.0. The fraction of sp³-hybridized carbons (Fsp3) is 0.188. The largest absolute Gasteiger partial charge is 0.371 e. The molecule has 4 aromatic heterocycles. The molecule has 7 heteroatoms. The molecule has 0 amide bonds. The number of anilines is 1. The maximum absolute atomic E-state index is 5.69. The van der Waals surface area contributed by atoms with Gasteiger partial charge < -0.3 is 20.6 Å². The second-order valence-electron chi connectivity index (χ2n) is 5.43. The number of hydrogen-bond acceptors (Lipinski definition) is 5. The van der Waals surface area contributed by atoms with E-state index >= 15 is 0 Å². The average molecular weight is 307 g/mol. The van der Waals surface area contributed by atoms with Gasteiger partial charge in [-0.3, -0.25) is 0 Å². The minimum absolute atomic E-state index is 0.419. The van der Waals surface area contributed by atoms with E-state index in [0.717, 1.165) is 45.0 Å². The second kappa shape index (κ2) is 5.06. The van der Waals surface area contributed by atoms with E-state index in [9.17, 15) is 0 Å². The Labute approximate surface area is 132 Å². The first kappa shape index (κ1) is 13.7. The highest BCUT2D eigenvalue weighted by Gasteiger charge is 2.15. The van der Waals surface area contributed by atoms with Crippen molar-refractivity contribution >= 4 is 27.9 Å². The van der Waals surface area contributed by atoms with Crippen molar-refractivity contribution in [3.8, 4) is 11.4 Å². The molecule has 4 heterocycles. The van der Waals surface area contributed by atoms with Crippen molar-refractivity contribution in [2.45, 2.75) is 6.54 Å². The minimum atomic E-state index is 0.419. The number of nitrogens with two attached hydrogens (primary N) is 1. The van der Waals surface area contributed by atoms with E-state index in [1.165, 1.54) is 0 Å². The van der Waals surface area contributed by atoms with E-state index in [4.69, 9.17) is 5.73 Å². The molecule has 4 aromatic rings. The molecule has 0 saturated carbocycles. The molecule has 0 aliphatic carbocycles. The highest BCUT2D eigenvalue weighted by atomic mass is 15.1. The van der Waals surface area contributed by atoms with Crippen LogP contribution in [-0.4, -0.2) is 31.6 Å². The summed E-state index contributed by atoms with van der Waals surface area (Å²) in [6, 6.07) is 7.91. The van der Waals surface area contributed by atoms with Gasteiger partial charge in [-0.15, -0.1) is 0 Å². The van der Waals surface area contributed by atoms with Crippen molar-refractivity contribution in [1.82, 2.24) is 24.5 Å². The molecule has 0 radical (unpaired) electrons. The molecule has 7 nitrogen and oxygen atoms in total. The van der Waals surface area contributed by atoms with Crippen molar-refractivity contribution in [3.63, 3.8) is 0 Å². The van der Waals surface area contributed by atoms with Gasteiger partial charge in [0.25, 0.3) is 0 Å². The van der Waals surface area contributed by atoms with Crippen molar-refractivity contribution in [2.24, 2.45) is 12.8 Å². The smallest absolute Gasteiger partial charge is 0.156 e. The third-order valence-corrected chi connectivity index (χ3v) is 3.97. The molecule has 4 N–H and O–H groups in total. The molecular weight excluding hydrogens is 290 g/mol. The molecule has 0 spiro atoms. The Morgan fingerprint density at radius 3 is 2.96 bits per heavy atom. The molecule has 0 fully saturated rings. The maximum atomic E-state index is 5.69. The number of nitrogens with zero attached hydrogens (tertiary/aromatic N) is 4. The van der Waals surface area contributed by atoms with E-state index in [0.29, 0.717) is 6.54 Å². The highest BCUT2D eigenvalue weighted by Crippen LogP contribution is 2.31. The van der Waals surface area contributed by atoms with Crippen LogP contribution in [0.1, 0.15) is 5.69 Å². The molecule has 116 valence electrons. The number of pyridine rings is 2. The summed E-state index contributed by atoms with van der Waals surface area (Å²) < 4.78 is 2.00. The monoisotopic (exact) mass is 307 g/mol. The summed E-state index contributed by atoms with van der Waals surface area (Å²) in [6.07, 6.45) is 1.80. The van der Waals surface area contributed by atoms with Crippen molar-refractivity contribution in [1.29, 1.82) is 0 Å². The van der Waals surface area contributed by atoms with Crippen LogP contribution >= 0.6 is 0 Å². The molecule has 0 unspecified atom stereocenters. The Hall–Kier alpha value is -2.93. The summed E-state index contributed by atoms with van der Waals surface area (Å²) in [5.41, 5.74) is 11.0. The lowest BCUT2D eigenvalue weighted by Gasteiger charge is -2.02. The molecule has 0 atom stereocenters. The van der Waals surface area contributed by atoms with E-state index in [-0.39, 0.29) is 0 Å². The van der Waals surface area contributed by atoms with Crippen LogP contribution in [-0.2, 0) is 13.6 Å². The summed E-state index contributed by atoms with van der Waals surface area (Å²) >= 11 is 0. The number of fused-ring (bicyclic) bond motifs is 3. The standard InChI is InChI=1S/C16H17N7/c1-18-16-13-14(23(2)8-19-13)10-6-12(21-15(10)22-16)11-5-3-4-9(7-17)20-11/h3-6,8H,7,17H2,1-2H3,(H2,18,21,22). The Balaban J connectivity index is 2.00. The highest BCUT2D eigenvalue weighted by molar-refractivity contribution is 6.07. The predicted octanol–water partition coefficient (Wildman–Crippen LogP) is 2.01. The van der Waals surface area contributed by atoms with E-state index in [1.54, 1.807) is 6.33 Å². The number of aryl methyl sites for hydroxylation is 1. The summed E-state index contributed by atoms with van der Waals surface area (Å²) in [5, 5.41) is 4.13. The molecule has 0 bridgehead atoms. The summed E-state index contributed by atoms with van der Waals surface area (Å²) in [6.45, 7) is 0.419. The number of nitrogens with one attached hydrogen (secondary N) is 2. The van der Waals surface area contributed by atoms with Crippen LogP contribution in [0.2, 0.25) is 0 Å². The van der Waals surface area contributed by atoms with Gasteiger partial charge in [-0.05, 0) is 18.2 Å². The zero-order valence-corrected chi connectivity index (χ0v) is 13.0. The van der Waals surface area contributed by atoms with Crippen molar-refractivity contribution < 1.29 is 0 Å². The van der Waals surface area contributed by atoms with Gasteiger partial charge >= 0.3 is 0 Å². The van der Waals surface area contributed by atoms with Crippen molar-refractivity contribution in [3.05, 3.63) is 36.3 Å². The van der Waals surface area contributed by atoms with Crippen LogP contribution in [0.15, 0.2) is 30.6 Å². The normalized spacial score (nSPS) is 11.4. The van der Waals surface area contributed by atoms with Gasteiger partial charge in [-0.2, -0.15) is 0 Å². The number of hydrogen-bond donors (Lipinski definition) is 3. The van der Waals surface area contributed by atoms with Crippen LogP contribution in [0.5, 0.6) is 0 Å². The fourth-order valence-corrected chi connectivity index (χ4v) is 2.85. The molecule has 0 saturated heterocycles. The van der Waals surface area contributed by atoms with Crippen LogP contribution < -0.4 is 11.1 Å². The number of imidazole rings is 1. The van der Waals surface area contributed by atoms with Gasteiger partial charge in [0.1, 0.15) is 11.2 Å². The lowest BCUT2D eigenvalue weighted by molar-refractivity contribution is 0.951. The first-order chi connectivity index (χ1) is 11.2. The summed E-state index contributed by atoms with van der Waals surface area (Å²) in [4.78, 5) is 17.0. The lowest BCUT2D eigenvalue weighted by Crippen LogP contribution is -1.99. The topological polar surface area (TPSA) is 97.4 Å². The van der Waals surface area contributed by atoms with E-state index in [1.807, 2.05) is 36.9 Å². The van der Waals surface area contributed by atoms with E-state index in [2.05, 4.69) is 31.3 Å². The van der Waals surface area contributed by atoms with Crippen LogP contribution in [0.3, 0.4) is 0 Å². The van der Waals surface area contributed by atoms with Crippen molar-refractivity contribution in [2.75, 3.05) is 12.4 Å². The second-order valence-corrected chi connectivity index (χ2v) is 5.43. The van der Waals surface area contributed by atoms with Crippen LogP contribution in [0.25, 0.3) is 33.5 Å². The van der Waals surface area contributed by atoms with Crippen LogP contribution in [0, 0.1) is 0 Å². The Morgan fingerprint density at radius 1 is 1.30 bits per heavy atom. The molecule has 0 aliphatic rings. The fourth-order valence-electron chi connectivity index (χ4n) is 2.85. The van der Waals surface area contributed by atoms with Gasteiger partial charge in [0.15, 0.2) is 5.82 Å². The molecule has 0 aromatic carbocycles. The summed E-state index contributed by atoms with van der Waals surface area (Å²) in [5.74, 6) is 0.755. The van der Waals surface area contributed by atoms with E-state index < -0.39 is 0 Å². The first-order valence-corrected chi connectivity index (χ1v) is 7.39. The maximum Gasteiger partial charge on any atom is 0.156 e. The molecule has 4 rings (SSSR count). The molecule has 23 heavy (non-hydrogen) atoms. The number of aromatic nitrogens is 5. The summed E-state index contributed by atoms with van der Waals surface area (Å²) in [7, 11) is 3.83. The first-order valence-electron chi connectivity index (χ1n) is 7.39. The van der Waals surface area contributed by atoms with Crippen LogP contribution in [0.4, 0.5) is 5.82 Å². The third kappa shape index (κ3) is 2.05. The average Bonchev–Trinajstić information content (AvgIpc) is 3.17. The van der Waals surface area contributed by atoms with Gasteiger partial charge in [0.2, 0.25) is 0 Å². The molecular formula is C16H17N7. The Morgan fingerprint density at radius 2 is 2.17 bits per heavy atom. The van der Waals surface area contributed by atoms with Gasteiger partial charge in [0, 0.05) is 26.0 Å². The number of H-pyrrole nitrogens is 1. The van der Waals surface area contributed by atoms with Gasteiger partial charge in [-0.1, -0.05) is 6.07 Å². The SMILES string of the molecule is CNc1nc2[nH]c(-c3cccc(CN)n3)cc2c2c1ncn2C. The number of aromatic amines is 1. The third-order valence-electron chi connectivity index (χ3n) is 3.97. The predicted molar refractivity (Wildman–Crippen MR) is 91.0 cm³/mol.